The highest BCUT2D eigenvalue weighted by Gasteiger charge is 2.47. The fraction of sp³-hybridized carbons (Fsp3) is 0.538. The van der Waals surface area contributed by atoms with E-state index < -0.39 is 17.2 Å². The van der Waals surface area contributed by atoms with Crippen molar-refractivity contribution in [3.05, 3.63) is 35.4 Å². The summed E-state index contributed by atoms with van der Waals surface area (Å²) < 4.78 is 26.4. The van der Waals surface area contributed by atoms with Crippen molar-refractivity contribution in [2.24, 2.45) is 11.1 Å². The normalized spacial score (nSPS) is 28.3. The molecule has 1 aliphatic carbocycles. The van der Waals surface area contributed by atoms with Crippen molar-refractivity contribution in [2.45, 2.75) is 38.6 Å². The molecule has 3 heteroatoms. The second-order valence-electron chi connectivity index (χ2n) is 5.37. The Labute approximate surface area is 94.7 Å². The van der Waals surface area contributed by atoms with Crippen molar-refractivity contribution in [3.8, 4) is 0 Å². The summed E-state index contributed by atoms with van der Waals surface area (Å²) in [6, 6.07) is 3.60. The lowest BCUT2D eigenvalue weighted by Crippen LogP contribution is -2.45. The van der Waals surface area contributed by atoms with E-state index in [1.165, 1.54) is 12.1 Å². The van der Waals surface area contributed by atoms with Crippen LogP contribution < -0.4 is 5.73 Å². The summed E-state index contributed by atoms with van der Waals surface area (Å²) in [5, 5.41) is 0. The molecule has 0 amide bonds. The zero-order valence-corrected chi connectivity index (χ0v) is 9.69. The summed E-state index contributed by atoms with van der Waals surface area (Å²) in [7, 11) is 0. The molecule has 1 atom stereocenters. The summed E-state index contributed by atoms with van der Waals surface area (Å²) >= 11 is 0. The largest absolute Gasteiger partial charge is 0.321 e. The smallest absolute Gasteiger partial charge is 0.126 e. The van der Waals surface area contributed by atoms with Gasteiger partial charge in [0.15, 0.2) is 0 Å². The molecular formula is C13H17F2N. The Morgan fingerprint density at radius 2 is 1.62 bits per heavy atom. The molecule has 1 aromatic rings. The average Bonchev–Trinajstić information content (AvgIpc) is 2.41. The number of nitrogens with two attached hydrogens (primary N) is 1. The van der Waals surface area contributed by atoms with Gasteiger partial charge in [0.05, 0.1) is 0 Å². The maximum atomic E-state index is 13.2. The van der Waals surface area contributed by atoms with E-state index in [-0.39, 0.29) is 5.41 Å². The number of hydrogen-bond donors (Lipinski definition) is 1. The molecule has 0 heterocycles. The van der Waals surface area contributed by atoms with E-state index >= 15 is 0 Å². The van der Waals surface area contributed by atoms with E-state index in [0.29, 0.717) is 5.56 Å². The van der Waals surface area contributed by atoms with Crippen LogP contribution in [0.4, 0.5) is 8.78 Å². The molecule has 0 saturated heterocycles. The van der Waals surface area contributed by atoms with Gasteiger partial charge in [0, 0.05) is 11.6 Å². The molecule has 0 aliphatic heterocycles. The van der Waals surface area contributed by atoms with Gasteiger partial charge in [-0.15, -0.1) is 0 Å². The van der Waals surface area contributed by atoms with Gasteiger partial charge in [-0.2, -0.15) is 0 Å². The fourth-order valence-corrected chi connectivity index (χ4v) is 2.72. The molecule has 1 saturated carbocycles. The molecule has 2 rings (SSSR count). The third kappa shape index (κ3) is 1.63. The summed E-state index contributed by atoms with van der Waals surface area (Å²) in [4.78, 5) is 0. The molecule has 1 aromatic carbocycles. The van der Waals surface area contributed by atoms with E-state index in [1.54, 1.807) is 0 Å². The quantitative estimate of drug-likeness (QED) is 0.779. The first-order valence-electron chi connectivity index (χ1n) is 5.61. The van der Waals surface area contributed by atoms with E-state index in [4.69, 9.17) is 5.73 Å². The maximum absolute atomic E-state index is 13.2. The van der Waals surface area contributed by atoms with Gasteiger partial charge in [-0.05, 0) is 36.0 Å². The number of halogens is 2. The van der Waals surface area contributed by atoms with Crippen molar-refractivity contribution >= 4 is 0 Å². The van der Waals surface area contributed by atoms with E-state index in [0.717, 1.165) is 25.3 Å². The first-order valence-corrected chi connectivity index (χ1v) is 5.61. The topological polar surface area (TPSA) is 26.0 Å². The lowest BCUT2D eigenvalue weighted by Gasteiger charge is -2.38. The van der Waals surface area contributed by atoms with Gasteiger partial charge < -0.3 is 5.73 Å². The molecule has 2 N–H and O–H groups in total. The van der Waals surface area contributed by atoms with E-state index in [1.807, 2.05) is 0 Å². The predicted octanol–water partition coefficient (Wildman–Crippen LogP) is 3.33. The Morgan fingerprint density at radius 1 is 1.06 bits per heavy atom. The minimum Gasteiger partial charge on any atom is -0.321 e. The van der Waals surface area contributed by atoms with Gasteiger partial charge in [-0.3, -0.25) is 0 Å². The van der Waals surface area contributed by atoms with Crippen LogP contribution in [0.15, 0.2) is 18.2 Å². The first kappa shape index (κ1) is 11.5. The lowest BCUT2D eigenvalue weighted by molar-refractivity contribution is 0.209. The molecule has 1 fully saturated rings. The van der Waals surface area contributed by atoms with E-state index in [9.17, 15) is 8.78 Å². The van der Waals surface area contributed by atoms with Crippen LogP contribution in [0.3, 0.4) is 0 Å². The van der Waals surface area contributed by atoms with Crippen LogP contribution in [-0.4, -0.2) is 0 Å². The fourth-order valence-electron chi connectivity index (χ4n) is 2.72. The van der Waals surface area contributed by atoms with Gasteiger partial charge >= 0.3 is 0 Å². The molecule has 1 aliphatic rings. The molecule has 16 heavy (non-hydrogen) atoms. The molecule has 88 valence electrons. The van der Waals surface area contributed by atoms with Gasteiger partial charge in [0.1, 0.15) is 11.6 Å². The molecule has 0 bridgehead atoms. The third-order valence-electron chi connectivity index (χ3n) is 3.96. The van der Waals surface area contributed by atoms with Crippen LogP contribution in [0.5, 0.6) is 0 Å². The van der Waals surface area contributed by atoms with E-state index in [2.05, 4.69) is 13.8 Å². The Bertz CT molecular complexity index is 394. The van der Waals surface area contributed by atoms with Crippen molar-refractivity contribution in [1.82, 2.24) is 0 Å². The van der Waals surface area contributed by atoms with Crippen LogP contribution >= 0.6 is 0 Å². The van der Waals surface area contributed by atoms with Crippen LogP contribution in [0.2, 0.25) is 0 Å². The van der Waals surface area contributed by atoms with Crippen molar-refractivity contribution < 1.29 is 8.78 Å². The van der Waals surface area contributed by atoms with Crippen molar-refractivity contribution in [3.63, 3.8) is 0 Å². The average molecular weight is 225 g/mol. The second kappa shape index (κ2) is 3.52. The highest BCUT2D eigenvalue weighted by molar-refractivity contribution is 5.29. The Hall–Kier alpha value is -0.960. The number of rotatable bonds is 1. The maximum Gasteiger partial charge on any atom is 0.126 e. The predicted molar refractivity (Wildman–Crippen MR) is 59.9 cm³/mol. The van der Waals surface area contributed by atoms with Gasteiger partial charge in [0.25, 0.3) is 0 Å². The molecular weight excluding hydrogens is 208 g/mol. The minimum absolute atomic E-state index is 0.118. The molecule has 1 unspecified atom stereocenters. The Balaban J connectivity index is 2.50. The highest BCUT2D eigenvalue weighted by atomic mass is 19.1. The Kier molecular flexibility index (Phi) is 2.54. The lowest BCUT2D eigenvalue weighted by atomic mass is 9.71. The zero-order chi connectivity index (χ0) is 12.0. The minimum atomic E-state index is -0.615. The van der Waals surface area contributed by atoms with Crippen molar-refractivity contribution in [2.75, 3.05) is 0 Å². The van der Waals surface area contributed by atoms with Crippen LogP contribution in [0.25, 0.3) is 0 Å². The summed E-state index contributed by atoms with van der Waals surface area (Å²) in [5.41, 5.74) is 6.21. The molecule has 0 spiro atoms. The number of benzene rings is 1. The van der Waals surface area contributed by atoms with Crippen LogP contribution in [0.1, 0.15) is 38.7 Å². The van der Waals surface area contributed by atoms with Crippen LogP contribution in [0, 0.1) is 17.0 Å². The van der Waals surface area contributed by atoms with Gasteiger partial charge in [-0.25, -0.2) is 8.78 Å². The van der Waals surface area contributed by atoms with Crippen molar-refractivity contribution in [1.29, 1.82) is 0 Å². The first-order chi connectivity index (χ1) is 7.35. The zero-order valence-electron chi connectivity index (χ0n) is 9.69. The van der Waals surface area contributed by atoms with Crippen LogP contribution in [-0.2, 0) is 5.54 Å². The van der Waals surface area contributed by atoms with Gasteiger partial charge in [-0.1, -0.05) is 20.3 Å². The molecule has 0 aromatic heterocycles. The summed E-state index contributed by atoms with van der Waals surface area (Å²) in [5.74, 6) is -1.11. The second-order valence-corrected chi connectivity index (χ2v) is 5.37. The monoisotopic (exact) mass is 225 g/mol. The molecule has 0 radical (unpaired) electrons. The third-order valence-corrected chi connectivity index (χ3v) is 3.96. The Morgan fingerprint density at radius 3 is 2.06 bits per heavy atom. The summed E-state index contributed by atoms with van der Waals surface area (Å²) in [6.45, 7) is 4.12. The van der Waals surface area contributed by atoms with Gasteiger partial charge in [0.2, 0.25) is 0 Å². The SMILES string of the molecule is CC1(C)CCCC1(N)c1cc(F)cc(F)c1. The number of hydrogen-bond acceptors (Lipinski definition) is 1. The standard InChI is InChI=1S/C13H17F2N/c1-12(2)4-3-5-13(12,16)9-6-10(14)8-11(15)7-9/h6-8H,3-5,16H2,1-2H3. The molecule has 1 nitrogen and oxygen atoms in total. The highest BCUT2D eigenvalue weighted by Crippen LogP contribution is 2.50. The summed E-state index contributed by atoms with van der Waals surface area (Å²) in [6.07, 6.45) is 2.77.